The molecule has 3 heterocycles. The molecule has 69 heavy (non-hydrogen) atoms. The number of benzene rings is 9. The molecule has 3 nitrogen and oxygen atoms in total. The van der Waals surface area contributed by atoms with Crippen LogP contribution in [0.1, 0.15) is 79.0 Å². The molecule has 0 saturated carbocycles. The van der Waals surface area contributed by atoms with E-state index in [1.165, 1.54) is 116 Å². The maximum absolute atomic E-state index is 2.45. The van der Waals surface area contributed by atoms with Crippen molar-refractivity contribution in [1.29, 1.82) is 0 Å². The van der Waals surface area contributed by atoms with Crippen LogP contribution in [0.4, 0.5) is 0 Å². The van der Waals surface area contributed by atoms with Crippen LogP contribution in [0.3, 0.4) is 0 Å². The van der Waals surface area contributed by atoms with Crippen molar-refractivity contribution in [2.45, 2.75) is 78.6 Å². The van der Waals surface area contributed by atoms with Crippen LogP contribution in [0, 0.1) is 0 Å². The minimum absolute atomic E-state index is 0.0672. The first-order chi connectivity index (χ1) is 33.1. The lowest BCUT2D eigenvalue weighted by Crippen LogP contribution is -2.10. The zero-order valence-corrected chi connectivity index (χ0v) is 41.3. The molecule has 0 aliphatic rings. The number of fused-ring (bicyclic) bond motifs is 9. The molecular weight excluding hydrogens is 835 g/mol. The molecule has 9 aromatic carbocycles. The van der Waals surface area contributed by atoms with Crippen LogP contribution in [0.25, 0.3) is 105 Å². The van der Waals surface area contributed by atoms with Crippen molar-refractivity contribution < 1.29 is 0 Å². The van der Waals surface area contributed by atoms with Gasteiger partial charge in [-0.1, -0.05) is 159 Å². The molecule has 3 heteroatoms. The lowest BCUT2D eigenvalue weighted by molar-refractivity contribution is 0.590. The molecule has 12 rings (SSSR count). The third-order valence-corrected chi connectivity index (χ3v) is 14.8. The Morgan fingerprint density at radius 3 is 0.725 bits per heavy atom. The normalized spacial score (nSPS) is 12.7. The Hall–Kier alpha value is -7.62. The molecule has 0 N–H and O–H groups in total. The SMILES string of the molecule is CC(C)(C)c1ccc(-n2c3ccccc3c3cc(-c4ccc5c(c4)c4cc(-c6ccc7c(c6)c6ccccc6n7-c6ccc(C(C)(C)C)cc6)ccc4n5-c4ccc(C(C)(C)C)cc4)ccc32)cc1. The summed E-state index contributed by atoms with van der Waals surface area (Å²) in [5, 5.41) is 7.50. The van der Waals surface area contributed by atoms with Crippen LogP contribution in [0.2, 0.25) is 0 Å². The van der Waals surface area contributed by atoms with Gasteiger partial charge < -0.3 is 13.7 Å². The monoisotopic (exact) mass is 893 g/mol. The van der Waals surface area contributed by atoms with E-state index in [1.54, 1.807) is 0 Å². The van der Waals surface area contributed by atoms with Gasteiger partial charge in [-0.15, -0.1) is 0 Å². The first kappa shape index (κ1) is 42.7. The molecule has 0 fully saturated rings. The fraction of sp³-hybridized carbons (Fsp3) is 0.182. The first-order valence-electron chi connectivity index (χ1n) is 24.6. The summed E-state index contributed by atoms with van der Waals surface area (Å²) in [5.74, 6) is 0. The second-order valence-corrected chi connectivity index (χ2v) is 22.4. The van der Waals surface area contributed by atoms with Gasteiger partial charge in [-0.3, -0.25) is 0 Å². The highest BCUT2D eigenvalue weighted by Crippen LogP contribution is 2.42. The molecular formula is C66H59N3. The lowest BCUT2D eigenvalue weighted by atomic mass is 9.87. The van der Waals surface area contributed by atoms with Crippen LogP contribution in [0.5, 0.6) is 0 Å². The van der Waals surface area contributed by atoms with Crippen LogP contribution in [0.15, 0.2) is 194 Å². The zero-order chi connectivity index (χ0) is 47.6. The highest BCUT2D eigenvalue weighted by Gasteiger charge is 2.21. The smallest absolute Gasteiger partial charge is 0.0541 e. The van der Waals surface area contributed by atoms with Gasteiger partial charge in [0, 0.05) is 49.4 Å². The van der Waals surface area contributed by atoms with Gasteiger partial charge in [-0.2, -0.15) is 0 Å². The minimum Gasteiger partial charge on any atom is -0.309 e. The third kappa shape index (κ3) is 7.09. The summed E-state index contributed by atoms with van der Waals surface area (Å²) in [6, 6.07) is 73.3. The highest BCUT2D eigenvalue weighted by atomic mass is 15.0. The largest absolute Gasteiger partial charge is 0.309 e. The Kier molecular flexibility index (Phi) is 9.57. The molecule has 3 aromatic heterocycles. The first-order valence-corrected chi connectivity index (χ1v) is 24.6. The second-order valence-electron chi connectivity index (χ2n) is 22.4. The third-order valence-electron chi connectivity index (χ3n) is 14.8. The summed E-state index contributed by atoms with van der Waals surface area (Å²) in [4.78, 5) is 0. The van der Waals surface area contributed by atoms with Gasteiger partial charge in [0.05, 0.1) is 33.1 Å². The van der Waals surface area contributed by atoms with Gasteiger partial charge in [-0.05, 0) is 152 Å². The maximum atomic E-state index is 2.45. The topological polar surface area (TPSA) is 14.8 Å². The molecule has 12 aromatic rings. The summed E-state index contributed by atoms with van der Waals surface area (Å²) >= 11 is 0. The molecule has 0 amide bonds. The van der Waals surface area contributed by atoms with Crippen molar-refractivity contribution in [3.05, 3.63) is 211 Å². The average Bonchev–Trinajstić information content (AvgIpc) is 3.98. The van der Waals surface area contributed by atoms with Crippen molar-refractivity contribution >= 4 is 65.4 Å². The van der Waals surface area contributed by atoms with E-state index in [1.807, 2.05) is 0 Å². The van der Waals surface area contributed by atoms with Gasteiger partial charge in [-0.25, -0.2) is 0 Å². The molecule has 0 unspecified atom stereocenters. The minimum atomic E-state index is 0.0672. The van der Waals surface area contributed by atoms with Gasteiger partial charge >= 0.3 is 0 Å². The van der Waals surface area contributed by atoms with Crippen molar-refractivity contribution in [3.8, 4) is 39.3 Å². The fourth-order valence-electron chi connectivity index (χ4n) is 10.9. The number of nitrogens with zero attached hydrogens (tertiary/aromatic N) is 3. The molecule has 0 radical (unpaired) electrons. The number of para-hydroxylation sites is 2. The fourth-order valence-corrected chi connectivity index (χ4v) is 10.9. The van der Waals surface area contributed by atoms with Crippen molar-refractivity contribution in [2.24, 2.45) is 0 Å². The van der Waals surface area contributed by atoms with Gasteiger partial charge in [0.15, 0.2) is 0 Å². The Balaban J connectivity index is 1.02. The van der Waals surface area contributed by atoms with E-state index in [0.717, 1.165) is 5.69 Å². The van der Waals surface area contributed by atoms with Crippen LogP contribution in [-0.2, 0) is 16.2 Å². The molecule has 0 bridgehead atoms. The number of aromatic nitrogens is 3. The lowest BCUT2D eigenvalue weighted by Gasteiger charge is -2.19. The van der Waals surface area contributed by atoms with E-state index in [9.17, 15) is 0 Å². The zero-order valence-electron chi connectivity index (χ0n) is 41.3. The standard InChI is InChI=1S/C66H59N3/c1-64(2,3)46-22-28-49(29-23-46)67-58-16-12-10-14-52(58)54-38-42(18-34-60(54)67)44-20-36-62-56(40-44)57-41-45(21-37-63(57)69(62)51-32-26-48(27-33-51)66(7,8)9)43-19-35-61-55(39-43)53-15-11-13-17-59(53)68(61)50-30-24-47(25-31-50)65(4,5)6/h10-41H,1-9H3. The Morgan fingerprint density at radius 2 is 0.464 bits per heavy atom. The Bertz CT molecular complexity index is 3730. The van der Waals surface area contributed by atoms with Gasteiger partial charge in [0.1, 0.15) is 0 Å². The van der Waals surface area contributed by atoms with Crippen molar-refractivity contribution in [1.82, 2.24) is 13.7 Å². The van der Waals surface area contributed by atoms with Gasteiger partial charge in [0.2, 0.25) is 0 Å². The van der Waals surface area contributed by atoms with Crippen LogP contribution in [-0.4, -0.2) is 13.7 Å². The quantitative estimate of drug-likeness (QED) is 0.164. The van der Waals surface area contributed by atoms with Crippen molar-refractivity contribution in [3.63, 3.8) is 0 Å². The highest BCUT2D eigenvalue weighted by molar-refractivity contribution is 6.14. The molecule has 0 saturated heterocycles. The summed E-state index contributed by atoms with van der Waals surface area (Å²) in [5.41, 5.74) is 19.8. The van der Waals surface area contributed by atoms with E-state index in [0.29, 0.717) is 0 Å². The van der Waals surface area contributed by atoms with Crippen LogP contribution < -0.4 is 0 Å². The van der Waals surface area contributed by atoms with E-state index >= 15 is 0 Å². The number of rotatable bonds is 5. The molecule has 338 valence electrons. The molecule has 0 spiro atoms. The van der Waals surface area contributed by atoms with Crippen LogP contribution >= 0.6 is 0 Å². The number of hydrogen-bond acceptors (Lipinski definition) is 0. The van der Waals surface area contributed by atoms with E-state index in [2.05, 4.69) is 270 Å². The van der Waals surface area contributed by atoms with E-state index in [-0.39, 0.29) is 16.2 Å². The summed E-state index contributed by atoms with van der Waals surface area (Å²) in [6.07, 6.45) is 0. The molecule has 0 aliphatic heterocycles. The summed E-state index contributed by atoms with van der Waals surface area (Å²) in [6.45, 7) is 20.5. The summed E-state index contributed by atoms with van der Waals surface area (Å²) < 4.78 is 7.29. The predicted molar refractivity (Wildman–Crippen MR) is 296 cm³/mol. The molecule has 0 aliphatic carbocycles. The second kappa shape index (κ2) is 15.5. The van der Waals surface area contributed by atoms with E-state index < -0.39 is 0 Å². The maximum Gasteiger partial charge on any atom is 0.0541 e. The average molecular weight is 894 g/mol. The Morgan fingerprint density at radius 1 is 0.232 bits per heavy atom. The predicted octanol–water partition coefficient (Wildman–Crippen LogP) is 18.2. The summed E-state index contributed by atoms with van der Waals surface area (Å²) in [7, 11) is 0. The Labute approximate surface area is 405 Å². The number of hydrogen-bond donors (Lipinski definition) is 0. The molecule has 0 atom stereocenters. The van der Waals surface area contributed by atoms with E-state index in [4.69, 9.17) is 0 Å². The van der Waals surface area contributed by atoms with Gasteiger partial charge in [0.25, 0.3) is 0 Å². The van der Waals surface area contributed by atoms with Crippen molar-refractivity contribution in [2.75, 3.05) is 0 Å².